The molecule has 1 aliphatic carbocycles. The molecule has 3 unspecified atom stereocenters. The Morgan fingerprint density at radius 2 is 2.14 bits per heavy atom. The summed E-state index contributed by atoms with van der Waals surface area (Å²) in [5.74, 6) is 0.626. The molecular formula is C17H35N3O. The Bertz CT molecular complexity index is 306. The Morgan fingerprint density at radius 3 is 2.81 bits per heavy atom. The number of rotatable bonds is 8. The Morgan fingerprint density at radius 1 is 1.33 bits per heavy atom. The van der Waals surface area contributed by atoms with E-state index >= 15 is 0 Å². The molecule has 2 fully saturated rings. The summed E-state index contributed by atoms with van der Waals surface area (Å²) in [6.45, 7) is 7.39. The van der Waals surface area contributed by atoms with Gasteiger partial charge in [-0.05, 0) is 71.8 Å². The molecule has 4 heteroatoms. The van der Waals surface area contributed by atoms with Gasteiger partial charge in [0.15, 0.2) is 0 Å². The number of nitrogens with zero attached hydrogens (tertiary/aromatic N) is 2. The van der Waals surface area contributed by atoms with Crippen LogP contribution in [0.5, 0.6) is 0 Å². The summed E-state index contributed by atoms with van der Waals surface area (Å²) in [4.78, 5) is 5.13. The first-order valence-electron chi connectivity index (χ1n) is 8.87. The molecule has 0 bridgehead atoms. The minimum atomic E-state index is -0.0103. The van der Waals surface area contributed by atoms with Crippen molar-refractivity contribution in [1.82, 2.24) is 15.1 Å². The minimum Gasteiger partial charge on any atom is -0.394 e. The maximum Gasteiger partial charge on any atom is 0.0615 e. The van der Waals surface area contributed by atoms with Gasteiger partial charge in [-0.1, -0.05) is 13.3 Å². The molecule has 0 aromatic carbocycles. The van der Waals surface area contributed by atoms with Gasteiger partial charge in [-0.2, -0.15) is 0 Å². The molecule has 1 saturated carbocycles. The summed E-state index contributed by atoms with van der Waals surface area (Å²) in [5.41, 5.74) is -0.0103. The predicted molar refractivity (Wildman–Crippen MR) is 88.6 cm³/mol. The average molecular weight is 297 g/mol. The molecule has 3 atom stereocenters. The van der Waals surface area contributed by atoms with Gasteiger partial charge in [0.2, 0.25) is 0 Å². The monoisotopic (exact) mass is 297 g/mol. The number of likely N-dealkylation sites (N-methyl/N-ethyl adjacent to an activating group) is 3. The highest BCUT2D eigenvalue weighted by Crippen LogP contribution is 2.37. The van der Waals surface area contributed by atoms with Crippen molar-refractivity contribution in [2.24, 2.45) is 5.92 Å². The average Bonchev–Trinajstić information content (AvgIpc) is 3.11. The second-order valence-electron chi connectivity index (χ2n) is 7.13. The van der Waals surface area contributed by atoms with E-state index in [0.717, 1.165) is 19.0 Å². The van der Waals surface area contributed by atoms with Crippen LogP contribution in [0, 0.1) is 5.92 Å². The standard InChI is InChI=1S/C17H35N3O/c1-4-20-11-6-8-16(20)13-19(3)12-9-15-7-5-10-17(15,14-21)18-2/h15-16,18,21H,4-14H2,1-3H3. The lowest BCUT2D eigenvalue weighted by atomic mass is 9.85. The van der Waals surface area contributed by atoms with Crippen LogP contribution in [0.4, 0.5) is 0 Å². The number of aliphatic hydroxyl groups excluding tert-OH is 1. The molecular weight excluding hydrogens is 262 g/mol. The third-order valence-corrected chi connectivity index (χ3v) is 6.02. The van der Waals surface area contributed by atoms with E-state index in [1.165, 1.54) is 51.7 Å². The van der Waals surface area contributed by atoms with E-state index in [1.807, 2.05) is 7.05 Å². The van der Waals surface area contributed by atoms with E-state index in [2.05, 4.69) is 29.1 Å². The van der Waals surface area contributed by atoms with Gasteiger partial charge in [-0.15, -0.1) is 0 Å². The maximum atomic E-state index is 9.77. The molecule has 0 radical (unpaired) electrons. The van der Waals surface area contributed by atoms with Gasteiger partial charge in [0, 0.05) is 18.1 Å². The molecule has 4 nitrogen and oxygen atoms in total. The van der Waals surface area contributed by atoms with Gasteiger partial charge in [0.1, 0.15) is 0 Å². The number of hydrogen-bond donors (Lipinski definition) is 2. The van der Waals surface area contributed by atoms with E-state index < -0.39 is 0 Å². The first-order chi connectivity index (χ1) is 10.1. The van der Waals surface area contributed by atoms with Crippen LogP contribution in [0.2, 0.25) is 0 Å². The summed E-state index contributed by atoms with van der Waals surface area (Å²) in [7, 11) is 4.27. The number of aliphatic hydroxyl groups is 1. The van der Waals surface area contributed by atoms with Crippen molar-refractivity contribution in [3.8, 4) is 0 Å². The smallest absolute Gasteiger partial charge is 0.0615 e. The maximum absolute atomic E-state index is 9.77. The van der Waals surface area contributed by atoms with Crippen molar-refractivity contribution in [1.29, 1.82) is 0 Å². The summed E-state index contributed by atoms with van der Waals surface area (Å²) in [6, 6.07) is 0.760. The van der Waals surface area contributed by atoms with E-state index in [4.69, 9.17) is 0 Å². The van der Waals surface area contributed by atoms with Crippen molar-refractivity contribution in [2.75, 3.05) is 46.9 Å². The fourth-order valence-corrected chi connectivity index (χ4v) is 4.53. The van der Waals surface area contributed by atoms with Gasteiger partial charge >= 0.3 is 0 Å². The van der Waals surface area contributed by atoms with Gasteiger partial charge in [0.05, 0.1) is 6.61 Å². The van der Waals surface area contributed by atoms with Gasteiger partial charge in [-0.3, -0.25) is 4.90 Å². The van der Waals surface area contributed by atoms with Crippen LogP contribution >= 0.6 is 0 Å². The lowest BCUT2D eigenvalue weighted by molar-refractivity contribution is 0.117. The fourth-order valence-electron chi connectivity index (χ4n) is 4.53. The topological polar surface area (TPSA) is 38.7 Å². The molecule has 0 spiro atoms. The summed E-state index contributed by atoms with van der Waals surface area (Å²) >= 11 is 0. The fraction of sp³-hybridized carbons (Fsp3) is 1.00. The number of hydrogen-bond acceptors (Lipinski definition) is 4. The van der Waals surface area contributed by atoms with Crippen LogP contribution in [-0.4, -0.2) is 73.4 Å². The molecule has 1 saturated heterocycles. The molecule has 1 aliphatic heterocycles. The third-order valence-electron chi connectivity index (χ3n) is 6.02. The Hall–Kier alpha value is -0.160. The SMILES string of the molecule is CCN1CCCC1CN(C)CCC1CCCC1(CO)NC. The lowest BCUT2D eigenvalue weighted by Gasteiger charge is -2.35. The molecule has 124 valence electrons. The highest BCUT2D eigenvalue weighted by molar-refractivity contribution is 4.98. The molecule has 0 amide bonds. The normalized spacial score (nSPS) is 34.1. The summed E-state index contributed by atoms with van der Waals surface area (Å²) < 4.78 is 0. The quantitative estimate of drug-likeness (QED) is 0.713. The Balaban J connectivity index is 1.77. The van der Waals surface area contributed by atoms with Crippen molar-refractivity contribution in [2.45, 2.75) is 57.0 Å². The number of nitrogens with one attached hydrogen (secondary N) is 1. The molecule has 21 heavy (non-hydrogen) atoms. The van der Waals surface area contributed by atoms with Crippen LogP contribution in [0.15, 0.2) is 0 Å². The minimum absolute atomic E-state index is 0.0103. The zero-order chi connectivity index (χ0) is 15.3. The first kappa shape index (κ1) is 17.2. The van der Waals surface area contributed by atoms with Gasteiger partial charge in [0.25, 0.3) is 0 Å². The molecule has 0 aromatic heterocycles. The van der Waals surface area contributed by atoms with E-state index in [9.17, 15) is 5.11 Å². The van der Waals surface area contributed by atoms with Crippen molar-refractivity contribution < 1.29 is 5.11 Å². The highest BCUT2D eigenvalue weighted by atomic mass is 16.3. The summed E-state index contributed by atoms with van der Waals surface area (Å²) in [5, 5.41) is 13.2. The lowest BCUT2D eigenvalue weighted by Crippen LogP contribution is -2.50. The van der Waals surface area contributed by atoms with E-state index in [0.29, 0.717) is 5.92 Å². The third kappa shape index (κ3) is 3.98. The Labute approximate surface area is 130 Å². The molecule has 0 aromatic rings. The largest absolute Gasteiger partial charge is 0.394 e. The predicted octanol–water partition coefficient (Wildman–Crippen LogP) is 1.54. The zero-order valence-corrected chi connectivity index (χ0v) is 14.3. The second-order valence-corrected chi connectivity index (χ2v) is 7.13. The van der Waals surface area contributed by atoms with Crippen LogP contribution < -0.4 is 5.32 Å². The van der Waals surface area contributed by atoms with Crippen LogP contribution in [-0.2, 0) is 0 Å². The first-order valence-corrected chi connectivity index (χ1v) is 8.87. The van der Waals surface area contributed by atoms with Crippen LogP contribution in [0.25, 0.3) is 0 Å². The van der Waals surface area contributed by atoms with Crippen molar-refractivity contribution >= 4 is 0 Å². The van der Waals surface area contributed by atoms with Crippen molar-refractivity contribution in [3.63, 3.8) is 0 Å². The van der Waals surface area contributed by atoms with Crippen LogP contribution in [0.1, 0.15) is 45.4 Å². The van der Waals surface area contributed by atoms with Crippen LogP contribution in [0.3, 0.4) is 0 Å². The van der Waals surface area contributed by atoms with E-state index in [1.54, 1.807) is 0 Å². The number of likely N-dealkylation sites (tertiary alicyclic amines) is 1. The molecule has 1 heterocycles. The molecule has 2 rings (SSSR count). The van der Waals surface area contributed by atoms with Gasteiger partial charge in [-0.25, -0.2) is 0 Å². The van der Waals surface area contributed by atoms with Gasteiger partial charge < -0.3 is 15.3 Å². The molecule has 2 N–H and O–H groups in total. The molecule has 2 aliphatic rings. The van der Waals surface area contributed by atoms with Crippen molar-refractivity contribution in [3.05, 3.63) is 0 Å². The summed E-state index contributed by atoms with van der Waals surface area (Å²) in [6.07, 6.45) is 7.57. The second kappa shape index (κ2) is 7.91. The zero-order valence-electron chi connectivity index (χ0n) is 14.3. The van der Waals surface area contributed by atoms with E-state index in [-0.39, 0.29) is 12.1 Å². The highest BCUT2D eigenvalue weighted by Gasteiger charge is 2.40. The Kier molecular flexibility index (Phi) is 6.48.